The fourth-order valence-electron chi connectivity index (χ4n) is 2.15. The van der Waals surface area contributed by atoms with E-state index in [0.717, 1.165) is 6.04 Å². The number of hydrogen-bond donors (Lipinski definition) is 0. The fourth-order valence-corrected chi connectivity index (χ4v) is 2.15. The van der Waals surface area contributed by atoms with Gasteiger partial charge in [0.15, 0.2) is 0 Å². The lowest BCUT2D eigenvalue weighted by molar-refractivity contribution is 0.144. The molecule has 1 fully saturated rings. The van der Waals surface area contributed by atoms with Gasteiger partial charge < -0.3 is 14.7 Å². The number of nitrogens with zero attached hydrogens (tertiary/aromatic N) is 3. The van der Waals surface area contributed by atoms with Gasteiger partial charge in [-0.25, -0.2) is 0 Å². The molecular weight excluding hydrogens is 198 g/mol. The monoisotopic (exact) mass is 227 g/mol. The fraction of sp³-hybridized carbons (Fsp3) is 1.00. The van der Waals surface area contributed by atoms with E-state index in [2.05, 4.69) is 42.6 Å². The molecule has 0 bridgehead atoms. The maximum atomic E-state index is 2.60. The lowest BCUT2D eigenvalue weighted by Gasteiger charge is -2.33. The second kappa shape index (κ2) is 7.25. The molecule has 1 unspecified atom stereocenters. The third-order valence-electron chi connectivity index (χ3n) is 3.92. The standard InChI is InChI=1S/C13H29N3/c1-5-13(2)15(4)7-6-8-16-11-9-14(3)10-12-16/h13H,5-12H2,1-4H3. The molecule has 0 saturated carbocycles. The van der Waals surface area contributed by atoms with Gasteiger partial charge >= 0.3 is 0 Å². The summed E-state index contributed by atoms with van der Waals surface area (Å²) in [7, 11) is 4.46. The Labute approximate surface area is 101 Å². The van der Waals surface area contributed by atoms with Crippen molar-refractivity contribution in [2.45, 2.75) is 32.7 Å². The molecule has 0 N–H and O–H groups in total. The minimum atomic E-state index is 0.729. The van der Waals surface area contributed by atoms with Gasteiger partial charge in [0.05, 0.1) is 0 Å². The van der Waals surface area contributed by atoms with Crippen molar-refractivity contribution in [1.82, 2.24) is 14.7 Å². The Kier molecular flexibility index (Phi) is 6.32. The van der Waals surface area contributed by atoms with Crippen LogP contribution in [0.4, 0.5) is 0 Å². The molecule has 0 aliphatic carbocycles. The van der Waals surface area contributed by atoms with E-state index in [0.29, 0.717) is 0 Å². The van der Waals surface area contributed by atoms with Gasteiger partial charge in [-0.15, -0.1) is 0 Å². The van der Waals surface area contributed by atoms with E-state index in [4.69, 9.17) is 0 Å². The summed E-state index contributed by atoms with van der Waals surface area (Å²) in [4.78, 5) is 7.50. The molecule has 0 amide bonds. The zero-order chi connectivity index (χ0) is 12.0. The average molecular weight is 227 g/mol. The van der Waals surface area contributed by atoms with Crippen LogP contribution in [0.2, 0.25) is 0 Å². The summed E-state index contributed by atoms with van der Waals surface area (Å²) in [6, 6.07) is 0.729. The van der Waals surface area contributed by atoms with E-state index in [1.807, 2.05) is 0 Å². The lowest BCUT2D eigenvalue weighted by atomic mass is 10.2. The number of rotatable bonds is 6. The first kappa shape index (κ1) is 13.9. The molecule has 3 nitrogen and oxygen atoms in total. The van der Waals surface area contributed by atoms with Crippen LogP contribution in [-0.2, 0) is 0 Å². The topological polar surface area (TPSA) is 9.72 Å². The zero-order valence-corrected chi connectivity index (χ0v) is 11.6. The van der Waals surface area contributed by atoms with Crippen molar-refractivity contribution in [1.29, 1.82) is 0 Å². The average Bonchev–Trinajstić information content (AvgIpc) is 2.30. The third kappa shape index (κ3) is 4.81. The summed E-state index contributed by atoms with van der Waals surface area (Å²) >= 11 is 0. The predicted molar refractivity (Wildman–Crippen MR) is 70.9 cm³/mol. The smallest absolute Gasteiger partial charge is 0.0110 e. The van der Waals surface area contributed by atoms with Crippen LogP contribution in [0.25, 0.3) is 0 Å². The van der Waals surface area contributed by atoms with Crippen LogP contribution >= 0.6 is 0 Å². The zero-order valence-electron chi connectivity index (χ0n) is 11.6. The first-order chi connectivity index (χ1) is 7.63. The van der Waals surface area contributed by atoms with Crippen LogP contribution in [0.15, 0.2) is 0 Å². The van der Waals surface area contributed by atoms with E-state index in [-0.39, 0.29) is 0 Å². The van der Waals surface area contributed by atoms with Crippen molar-refractivity contribution in [2.24, 2.45) is 0 Å². The van der Waals surface area contributed by atoms with E-state index in [9.17, 15) is 0 Å². The molecule has 3 heteroatoms. The highest BCUT2D eigenvalue weighted by Crippen LogP contribution is 2.03. The lowest BCUT2D eigenvalue weighted by Crippen LogP contribution is -2.45. The highest BCUT2D eigenvalue weighted by atomic mass is 15.2. The van der Waals surface area contributed by atoms with Gasteiger partial charge in [0, 0.05) is 32.2 Å². The second-order valence-corrected chi connectivity index (χ2v) is 5.24. The first-order valence-corrected chi connectivity index (χ1v) is 6.74. The Morgan fingerprint density at radius 3 is 2.38 bits per heavy atom. The molecule has 1 aliphatic heterocycles. The SMILES string of the molecule is CCC(C)N(C)CCCN1CCN(C)CC1. The summed E-state index contributed by atoms with van der Waals surface area (Å²) < 4.78 is 0. The van der Waals surface area contributed by atoms with Crippen molar-refractivity contribution in [3.8, 4) is 0 Å². The molecule has 1 saturated heterocycles. The number of piperazine rings is 1. The molecule has 0 aromatic carbocycles. The predicted octanol–water partition coefficient (Wildman–Crippen LogP) is 1.35. The molecule has 1 heterocycles. The van der Waals surface area contributed by atoms with Gasteiger partial charge in [0.2, 0.25) is 0 Å². The molecule has 0 spiro atoms. The van der Waals surface area contributed by atoms with Crippen molar-refractivity contribution < 1.29 is 0 Å². The van der Waals surface area contributed by atoms with Crippen molar-refractivity contribution >= 4 is 0 Å². The third-order valence-corrected chi connectivity index (χ3v) is 3.92. The minimum Gasteiger partial charge on any atom is -0.304 e. The molecule has 16 heavy (non-hydrogen) atoms. The number of likely N-dealkylation sites (N-methyl/N-ethyl adjacent to an activating group) is 1. The number of hydrogen-bond acceptors (Lipinski definition) is 3. The van der Waals surface area contributed by atoms with E-state index in [1.54, 1.807) is 0 Å². The van der Waals surface area contributed by atoms with Crippen LogP contribution in [0.1, 0.15) is 26.7 Å². The Morgan fingerprint density at radius 2 is 1.81 bits per heavy atom. The molecule has 0 aromatic rings. The normalized spacial score (nSPS) is 21.6. The van der Waals surface area contributed by atoms with Crippen LogP contribution < -0.4 is 0 Å². The summed E-state index contributed by atoms with van der Waals surface area (Å²) in [5.74, 6) is 0. The van der Waals surface area contributed by atoms with E-state index < -0.39 is 0 Å². The summed E-state index contributed by atoms with van der Waals surface area (Å²) in [5, 5.41) is 0. The molecule has 1 rings (SSSR count). The summed E-state index contributed by atoms with van der Waals surface area (Å²) in [5.41, 5.74) is 0. The van der Waals surface area contributed by atoms with Crippen LogP contribution in [0, 0.1) is 0 Å². The van der Waals surface area contributed by atoms with Gasteiger partial charge in [-0.2, -0.15) is 0 Å². The van der Waals surface area contributed by atoms with Crippen LogP contribution in [0.3, 0.4) is 0 Å². The molecule has 1 aliphatic rings. The largest absolute Gasteiger partial charge is 0.304 e. The summed E-state index contributed by atoms with van der Waals surface area (Å²) in [6.45, 7) is 12.1. The maximum Gasteiger partial charge on any atom is 0.0110 e. The minimum absolute atomic E-state index is 0.729. The Hall–Kier alpha value is -0.120. The van der Waals surface area contributed by atoms with Crippen LogP contribution in [-0.4, -0.2) is 74.1 Å². The van der Waals surface area contributed by atoms with Crippen molar-refractivity contribution in [3.05, 3.63) is 0 Å². The first-order valence-electron chi connectivity index (χ1n) is 6.74. The highest BCUT2D eigenvalue weighted by Gasteiger charge is 2.13. The van der Waals surface area contributed by atoms with Crippen LogP contribution in [0.5, 0.6) is 0 Å². The quantitative estimate of drug-likeness (QED) is 0.678. The Balaban J connectivity index is 2.06. The second-order valence-electron chi connectivity index (χ2n) is 5.24. The van der Waals surface area contributed by atoms with Gasteiger partial charge in [-0.1, -0.05) is 6.92 Å². The molecule has 96 valence electrons. The molecular formula is C13H29N3. The van der Waals surface area contributed by atoms with E-state index in [1.165, 1.54) is 52.1 Å². The van der Waals surface area contributed by atoms with E-state index >= 15 is 0 Å². The van der Waals surface area contributed by atoms with Gasteiger partial charge in [-0.05, 0) is 47.0 Å². The molecule has 0 aromatic heterocycles. The highest BCUT2D eigenvalue weighted by molar-refractivity contribution is 4.70. The van der Waals surface area contributed by atoms with Gasteiger partial charge in [0.1, 0.15) is 0 Å². The summed E-state index contributed by atoms with van der Waals surface area (Å²) in [6.07, 6.45) is 2.57. The Morgan fingerprint density at radius 1 is 1.19 bits per heavy atom. The van der Waals surface area contributed by atoms with Crippen molar-refractivity contribution in [3.63, 3.8) is 0 Å². The Bertz CT molecular complexity index is 176. The van der Waals surface area contributed by atoms with Gasteiger partial charge in [-0.3, -0.25) is 0 Å². The van der Waals surface area contributed by atoms with Gasteiger partial charge in [0.25, 0.3) is 0 Å². The maximum absolute atomic E-state index is 2.60. The molecule has 0 radical (unpaired) electrons. The van der Waals surface area contributed by atoms with Crippen molar-refractivity contribution in [2.75, 3.05) is 53.4 Å². The molecule has 1 atom stereocenters.